The number of carbonyl (C=O) groups excluding carboxylic acids is 1. The Labute approximate surface area is 109 Å². The van der Waals surface area contributed by atoms with Crippen molar-refractivity contribution in [3.05, 3.63) is 23.7 Å². The van der Waals surface area contributed by atoms with Crippen LogP contribution in [0.1, 0.15) is 41.6 Å². The molecule has 0 bridgehead atoms. The van der Waals surface area contributed by atoms with Gasteiger partial charge >= 0.3 is 0 Å². The minimum Gasteiger partial charge on any atom is -0.368 e. The summed E-state index contributed by atoms with van der Waals surface area (Å²) < 4.78 is 10.8. The van der Waals surface area contributed by atoms with Crippen molar-refractivity contribution in [1.29, 1.82) is 0 Å². The molecule has 0 aliphatic carbocycles. The number of carbonyl (C=O) groups is 1. The Morgan fingerprint density at radius 2 is 2.37 bits per heavy atom. The molecule has 100 valence electrons. The SMILES string of the molecule is NC(=O)c1c[nH]c(-c2noc(C3CCCCO3)n2)c1. The van der Waals surface area contributed by atoms with Crippen LogP contribution in [0.3, 0.4) is 0 Å². The molecule has 1 amide bonds. The maximum Gasteiger partial charge on any atom is 0.256 e. The molecule has 19 heavy (non-hydrogen) atoms. The van der Waals surface area contributed by atoms with E-state index in [2.05, 4.69) is 15.1 Å². The van der Waals surface area contributed by atoms with E-state index >= 15 is 0 Å². The number of aromatic nitrogens is 3. The van der Waals surface area contributed by atoms with Gasteiger partial charge in [-0.05, 0) is 25.3 Å². The molecule has 0 spiro atoms. The number of nitrogens with zero attached hydrogens (tertiary/aromatic N) is 2. The van der Waals surface area contributed by atoms with Crippen molar-refractivity contribution in [1.82, 2.24) is 15.1 Å². The maximum absolute atomic E-state index is 11.0. The first kappa shape index (κ1) is 11.9. The summed E-state index contributed by atoms with van der Waals surface area (Å²) in [5, 5.41) is 3.88. The third kappa shape index (κ3) is 2.37. The molecule has 1 unspecified atom stereocenters. The van der Waals surface area contributed by atoms with Crippen LogP contribution >= 0.6 is 0 Å². The molecule has 2 aromatic rings. The highest BCUT2D eigenvalue weighted by molar-refractivity contribution is 5.93. The van der Waals surface area contributed by atoms with Gasteiger partial charge in [0.1, 0.15) is 6.10 Å². The molecular weight excluding hydrogens is 248 g/mol. The highest BCUT2D eigenvalue weighted by Crippen LogP contribution is 2.27. The molecule has 1 fully saturated rings. The lowest BCUT2D eigenvalue weighted by atomic mass is 10.1. The minimum absolute atomic E-state index is 0.124. The van der Waals surface area contributed by atoms with Gasteiger partial charge in [-0.25, -0.2) is 0 Å². The highest BCUT2D eigenvalue weighted by Gasteiger charge is 2.23. The predicted octanol–water partition coefficient (Wildman–Crippen LogP) is 1.41. The second kappa shape index (κ2) is 4.85. The van der Waals surface area contributed by atoms with Gasteiger partial charge < -0.3 is 20.0 Å². The molecule has 1 aliphatic heterocycles. The van der Waals surface area contributed by atoms with Crippen molar-refractivity contribution >= 4 is 5.91 Å². The lowest BCUT2D eigenvalue weighted by Gasteiger charge is -2.18. The lowest BCUT2D eigenvalue weighted by Crippen LogP contribution is -2.11. The van der Waals surface area contributed by atoms with Gasteiger partial charge in [0, 0.05) is 12.8 Å². The Morgan fingerprint density at radius 1 is 1.47 bits per heavy atom. The first-order chi connectivity index (χ1) is 9.24. The molecule has 0 saturated carbocycles. The van der Waals surface area contributed by atoms with E-state index in [0.717, 1.165) is 25.9 Å². The fourth-order valence-corrected chi connectivity index (χ4v) is 2.08. The van der Waals surface area contributed by atoms with E-state index in [9.17, 15) is 4.79 Å². The lowest BCUT2D eigenvalue weighted by molar-refractivity contribution is -0.00459. The first-order valence-corrected chi connectivity index (χ1v) is 6.18. The Morgan fingerprint density at radius 3 is 3.05 bits per heavy atom. The van der Waals surface area contributed by atoms with Crippen LogP contribution in [0, 0.1) is 0 Å². The highest BCUT2D eigenvalue weighted by atomic mass is 16.5. The van der Waals surface area contributed by atoms with Crippen molar-refractivity contribution in [2.24, 2.45) is 5.73 Å². The van der Waals surface area contributed by atoms with Crippen LogP contribution in [0.2, 0.25) is 0 Å². The van der Waals surface area contributed by atoms with Gasteiger partial charge in [0.05, 0.1) is 11.3 Å². The predicted molar refractivity (Wildman–Crippen MR) is 65.1 cm³/mol. The van der Waals surface area contributed by atoms with Gasteiger partial charge in [-0.2, -0.15) is 4.98 Å². The zero-order valence-corrected chi connectivity index (χ0v) is 10.3. The number of rotatable bonds is 3. The summed E-state index contributed by atoms with van der Waals surface area (Å²) in [5.74, 6) is 0.378. The van der Waals surface area contributed by atoms with Crippen LogP contribution < -0.4 is 5.73 Å². The summed E-state index contributed by atoms with van der Waals surface area (Å²) in [6, 6.07) is 1.60. The summed E-state index contributed by atoms with van der Waals surface area (Å²) in [4.78, 5) is 18.2. The molecule has 2 aromatic heterocycles. The molecule has 0 radical (unpaired) electrons. The zero-order chi connectivity index (χ0) is 13.2. The number of amides is 1. The molecule has 7 nitrogen and oxygen atoms in total. The molecule has 1 atom stereocenters. The van der Waals surface area contributed by atoms with E-state index in [1.54, 1.807) is 6.07 Å². The fourth-order valence-electron chi connectivity index (χ4n) is 2.08. The van der Waals surface area contributed by atoms with Crippen molar-refractivity contribution in [3.63, 3.8) is 0 Å². The fraction of sp³-hybridized carbons (Fsp3) is 0.417. The quantitative estimate of drug-likeness (QED) is 0.869. The summed E-state index contributed by atoms with van der Waals surface area (Å²) in [7, 11) is 0. The Balaban J connectivity index is 1.81. The van der Waals surface area contributed by atoms with Crippen molar-refractivity contribution in [2.45, 2.75) is 25.4 Å². The zero-order valence-electron chi connectivity index (χ0n) is 10.3. The second-order valence-electron chi connectivity index (χ2n) is 4.48. The topological polar surface area (TPSA) is 107 Å². The molecule has 0 aromatic carbocycles. The summed E-state index contributed by atoms with van der Waals surface area (Å²) in [5.41, 5.74) is 6.17. The van der Waals surface area contributed by atoms with Crippen molar-refractivity contribution in [2.75, 3.05) is 6.61 Å². The van der Waals surface area contributed by atoms with Crippen LogP contribution in [-0.4, -0.2) is 27.6 Å². The molecular formula is C12H14N4O3. The molecule has 3 N–H and O–H groups in total. The van der Waals surface area contributed by atoms with Gasteiger partial charge in [0.15, 0.2) is 0 Å². The molecule has 1 saturated heterocycles. The number of nitrogens with one attached hydrogen (secondary N) is 1. The largest absolute Gasteiger partial charge is 0.368 e. The van der Waals surface area contributed by atoms with Gasteiger partial charge in [-0.1, -0.05) is 5.16 Å². The molecule has 1 aliphatic rings. The number of H-pyrrole nitrogens is 1. The number of ether oxygens (including phenoxy) is 1. The average molecular weight is 262 g/mol. The van der Waals surface area contributed by atoms with Crippen LogP contribution in [0.4, 0.5) is 0 Å². The molecule has 7 heteroatoms. The van der Waals surface area contributed by atoms with Gasteiger partial charge in [-0.15, -0.1) is 0 Å². The van der Waals surface area contributed by atoms with E-state index in [-0.39, 0.29) is 6.10 Å². The number of aromatic amines is 1. The molecule has 3 heterocycles. The number of primary amides is 1. The average Bonchev–Trinajstić information content (AvgIpc) is 3.09. The van der Waals surface area contributed by atoms with Gasteiger partial charge in [0.2, 0.25) is 11.7 Å². The van der Waals surface area contributed by atoms with Crippen molar-refractivity contribution < 1.29 is 14.1 Å². The van der Waals surface area contributed by atoms with E-state index in [4.69, 9.17) is 15.0 Å². The Kier molecular flexibility index (Phi) is 3.04. The van der Waals surface area contributed by atoms with Crippen LogP contribution in [0.25, 0.3) is 11.5 Å². The van der Waals surface area contributed by atoms with E-state index < -0.39 is 5.91 Å². The monoisotopic (exact) mass is 262 g/mol. The van der Waals surface area contributed by atoms with E-state index in [1.807, 2.05) is 0 Å². The summed E-state index contributed by atoms with van der Waals surface area (Å²) >= 11 is 0. The normalized spacial score (nSPS) is 19.5. The maximum atomic E-state index is 11.0. The van der Waals surface area contributed by atoms with Crippen LogP contribution in [0.5, 0.6) is 0 Å². The minimum atomic E-state index is -0.498. The van der Waals surface area contributed by atoms with Gasteiger partial charge in [-0.3, -0.25) is 4.79 Å². The number of hydrogen-bond donors (Lipinski definition) is 2. The van der Waals surface area contributed by atoms with Crippen LogP contribution in [-0.2, 0) is 4.74 Å². The third-order valence-corrected chi connectivity index (χ3v) is 3.11. The Hall–Kier alpha value is -2.15. The standard InChI is InChI=1S/C12H14N4O3/c13-10(17)7-5-8(14-6-7)11-15-12(19-16-11)9-3-1-2-4-18-9/h5-6,9,14H,1-4H2,(H2,13,17). The van der Waals surface area contributed by atoms with Crippen LogP contribution in [0.15, 0.2) is 16.8 Å². The summed E-state index contributed by atoms with van der Waals surface area (Å²) in [6.07, 6.45) is 4.44. The van der Waals surface area contributed by atoms with Gasteiger partial charge in [0.25, 0.3) is 5.89 Å². The smallest absolute Gasteiger partial charge is 0.256 e. The Bertz CT molecular complexity index is 583. The van der Waals surface area contributed by atoms with Crippen molar-refractivity contribution in [3.8, 4) is 11.5 Å². The van der Waals surface area contributed by atoms with E-state index in [1.165, 1.54) is 6.20 Å². The molecule has 3 rings (SSSR count). The number of hydrogen-bond acceptors (Lipinski definition) is 5. The van der Waals surface area contributed by atoms with E-state index in [0.29, 0.717) is 23.0 Å². The number of nitrogens with two attached hydrogens (primary N) is 1. The first-order valence-electron chi connectivity index (χ1n) is 6.18. The third-order valence-electron chi connectivity index (χ3n) is 3.11. The second-order valence-corrected chi connectivity index (χ2v) is 4.48. The summed E-state index contributed by atoms with van der Waals surface area (Å²) in [6.45, 7) is 0.719.